The van der Waals surface area contributed by atoms with E-state index in [2.05, 4.69) is 4.98 Å². The van der Waals surface area contributed by atoms with Gasteiger partial charge in [0.1, 0.15) is 10.8 Å². The predicted molar refractivity (Wildman–Crippen MR) is 74.8 cm³/mol. The maximum absolute atomic E-state index is 12.0. The van der Waals surface area contributed by atoms with Crippen LogP contribution in [0.25, 0.3) is 0 Å². The van der Waals surface area contributed by atoms with Crippen molar-refractivity contribution in [2.24, 2.45) is 0 Å². The molecule has 19 heavy (non-hydrogen) atoms. The summed E-state index contributed by atoms with van der Waals surface area (Å²) in [5.74, 6) is 1.07. The van der Waals surface area contributed by atoms with Gasteiger partial charge in [-0.05, 0) is 12.1 Å². The average molecular weight is 295 g/mol. The summed E-state index contributed by atoms with van der Waals surface area (Å²) in [7, 11) is 0. The van der Waals surface area contributed by atoms with Gasteiger partial charge in [-0.2, -0.15) is 0 Å². The number of para-hydroxylation sites is 2. The summed E-state index contributed by atoms with van der Waals surface area (Å²) in [4.78, 5) is 18.1. The Morgan fingerprint density at radius 2 is 2.26 bits per heavy atom. The Kier molecular flexibility index (Phi) is 3.40. The zero-order valence-electron chi connectivity index (χ0n) is 10.0. The number of nitrogens with zero attached hydrogens (tertiary/aromatic N) is 2. The molecule has 0 spiro atoms. The van der Waals surface area contributed by atoms with Crippen LogP contribution in [0, 0.1) is 0 Å². The Hall–Kier alpha value is -1.59. The third-order valence-corrected chi connectivity index (χ3v) is 3.99. The SMILES string of the molecule is O=C1COc2ccccc2N1Cc1nc(CCl)cs1. The second-order valence-electron chi connectivity index (χ2n) is 4.10. The number of halogens is 1. The monoisotopic (exact) mass is 294 g/mol. The smallest absolute Gasteiger partial charge is 0.265 e. The van der Waals surface area contributed by atoms with E-state index in [0.29, 0.717) is 12.4 Å². The zero-order chi connectivity index (χ0) is 13.2. The van der Waals surface area contributed by atoms with Crippen molar-refractivity contribution in [2.75, 3.05) is 11.5 Å². The molecule has 0 bridgehead atoms. The predicted octanol–water partition coefficient (Wildman–Crippen LogP) is 2.81. The third kappa shape index (κ3) is 2.43. The summed E-state index contributed by atoms with van der Waals surface area (Å²) in [6.45, 7) is 0.533. The molecule has 0 atom stereocenters. The van der Waals surface area contributed by atoms with E-state index in [1.165, 1.54) is 11.3 Å². The largest absolute Gasteiger partial charge is 0.482 e. The number of carbonyl (C=O) groups is 1. The molecular formula is C13H11ClN2O2S. The third-order valence-electron chi connectivity index (χ3n) is 2.84. The van der Waals surface area contributed by atoms with Crippen LogP contribution in [0.4, 0.5) is 5.69 Å². The number of thiazole rings is 1. The Bertz CT molecular complexity index is 614. The van der Waals surface area contributed by atoms with E-state index >= 15 is 0 Å². The molecule has 4 nitrogen and oxygen atoms in total. The minimum atomic E-state index is -0.0543. The molecule has 2 heterocycles. The maximum Gasteiger partial charge on any atom is 0.265 e. The molecule has 1 aliphatic heterocycles. The first-order valence-corrected chi connectivity index (χ1v) is 7.21. The number of alkyl halides is 1. The molecule has 1 aromatic heterocycles. The average Bonchev–Trinajstić information content (AvgIpc) is 2.90. The molecule has 1 aromatic carbocycles. The van der Waals surface area contributed by atoms with E-state index in [1.807, 2.05) is 29.6 Å². The highest BCUT2D eigenvalue weighted by Gasteiger charge is 2.25. The van der Waals surface area contributed by atoms with E-state index in [1.54, 1.807) is 4.90 Å². The molecule has 0 fully saturated rings. The minimum absolute atomic E-state index is 0.0543. The molecule has 6 heteroatoms. The Labute approximate surface area is 119 Å². The van der Waals surface area contributed by atoms with E-state index in [0.717, 1.165) is 22.1 Å². The van der Waals surface area contributed by atoms with Gasteiger partial charge >= 0.3 is 0 Å². The number of anilines is 1. The number of hydrogen-bond acceptors (Lipinski definition) is 4. The van der Waals surface area contributed by atoms with Crippen molar-refractivity contribution in [3.05, 3.63) is 40.3 Å². The van der Waals surface area contributed by atoms with Crippen molar-refractivity contribution in [3.63, 3.8) is 0 Å². The van der Waals surface area contributed by atoms with Gasteiger partial charge in [0.05, 0.1) is 23.8 Å². The number of benzene rings is 1. The van der Waals surface area contributed by atoms with Crippen molar-refractivity contribution < 1.29 is 9.53 Å². The molecule has 3 rings (SSSR count). The normalized spacial score (nSPS) is 14.2. The highest BCUT2D eigenvalue weighted by atomic mass is 35.5. The second-order valence-corrected chi connectivity index (χ2v) is 5.31. The van der Waals surface area contributed by atoms with Gasteiger partial charge in [0.15, 0.2) is 6.61 Å². The lowest BCUT2D eigenvalue weighted by Gasteiger charge is -2.28. The van der Waals surface area contributed by atoms with Crippen LogP contribution in [0.15, 0.2) is 29.6 Å². The van der Waals surface area contributed by atoms with E-state index in [4.69, 9.17) is 16.3 Å². The highest BCUT2D eigenvalue weighted by Crippen LogP contribution is 2.32. The first-order chi connectivity index (χ1) is 9.28. The van der Waals surface area contributed by atoms with E-state index < -0.39 is 0 Å². The summed E-state index contributed by atoms with van der Waals surface area (Å²) in [6.07, 6.45) is 0. The molecule has 0 saturated heterocycles. The molecule has 1 aliphatic rings. The molecule has 0 saturated carbocycles. The fourth-order valence-corrected chi connectivity index (χ4v) is 2.96. The first-order valence-electron chi connectivity index (χ1n) is 5.79. The van der Waals surface area contributed by atoms with Crippen LogP contribution in [0.1, 0.15) is 10.7 Å². The molecule has 0 aliphatic carbocycles. The van der Waals surface area contributed by atoms with Gasteiger partial charge in [-0.1, -0.05) is 12.1 Å². The van der Waals surface area contributed by atoms with Crippen LogP contribution in [-0.4, -0.2) is 17.5 Å². The summed E-state index contributed by atoms with van der Waals surface area (Å²) < 4.78 is 5.40. The summed E-state index contributed by atoms with van der Waals surface area (Å²) >= 11 is 7.25. The number of hydrogen-bond donors (Lipinski definition) is 0. The highest BCUT2D eigenvalue weighted by molar-refractivity contribution is 7.09. The summed E-state index contributed by atoms with van der Waals surface area (Å²) in [5.41, 5.74) is 1.64. The van der Waals surface area contributed by atoms with Gasteiger partial charge in [-0.15, -0.1) is 22.9 Å². The van der Waals surface area contributed by atoms with Crippen molar-refractivity contribution in [1.82, 2.24) is 4.98 Å². The molecular weight excluding hydrogens is 284 g/mol. The Morgan fingerprint density at radius 1 is 1.42 bits per heavy atom. The number of aromatic nitrogens is 1. The second kappa shape index (κ2) is 5.19. The lowest BCUT2D eigenvalue weighted by atomic mass is 10.2. The molecule has 2 aromatic rings. The maximum atomic E-state index is 12.0. The molecule has 1 amide bonds. The van der Waals surface area contributed by atoms with Crippen LogP contribution in [0.3, 0.4) is 0 Å². The van der Waals surface area contributed by atoms with Gasteiger partial charge in [-0.25, -0.2) is 4.98 Å². The Balaban J connectivity index is 1.89. The number of fused-ring (bicyclic) bond motifs is 1. The van der Waals surface area contributed by atoms with E-state index in [9.17, 15) is 4.79 Å². The first kappa shape index (κ1) is 12.4. The lowest BCUT2D eigenvalue weighted by molar-refractivity contribution is -0.121. The van der Waals surface area contributed by atoms with Gasteiger partial charge in [0, 0.05) is 5.38 Å². The molecule has 0 N–H and O–H groups in total. The van der Waals surface area contributed by atoms with Crippen molar-refractivity contribution in [3.8, 4) is 5.75 Å². The molecule has 98 valence electrons. The molecule has 0 unspecified atom stereocenters. The summed E-state index contributed by atoms with van der Waals surface area (Å²) in [6, 6.07) is 7.52. The number of ether oxygens (including phenoxy) is 1. The standard InChI is InChI=1S/C13H11ClN2O2S/c14-5-9-8-19-12(15-9)6-16-10-3-1-2-4-11(10)18-7-13(16)17/h1-4,8H,5-7H2. The van der Waals surface area contributed by atoms with Crippen LogP contribution < -0.4 is 9.64 Å². The van der Waals surface area contributed by atoms with Gasteiger partial charge in [0.25, 0.3) is 5.91 Å². The summed E-state index contributed by atoms with van der Waals surface area (Å²) in [5, 5.41) is 2.79. The van der Waals surface area contributed by atoms with Crippen LogP contribution in [0.5, 0.6) is 5.75 Å². The van der Waals surface area contributed by atoms with Gasteiger partial charge in [0.2, 0.25) is 0 Å². The zero-order valence-corrected chi connectivity index (χ0v) is 11.6. The lowest BCUT2D eigenvalue weighted by Crippen LogP contribution is -2.38. The fraction of sp³-hybridized carbons (Fsp3) is 0.231. The van der Waals surface area contributed by atoms with Crippen LogP contribution >= 0.6 is 22.9 Å². The quantitative estimate of drug-likeness (QED) is 0.818. The van der Waals surface area contributed by atoms with Gasteiger partial charge < -0.3 is 4.74 Å². The number of carbonyl (C=O) groups excluding carboxylic acids is 1. The van der Waals surface area contributed by atoms with Crippen molar-refractivity contribution in [1.29, 1.82) is 0 Å². The Morgan fingerprint density at radius 3 is 3.05 bits per heavy atom. The van der Waals surface area contributed by atoms with Crippen molar-refractivity contribution in [2.45, 2.75) is 12.4 Å². The van der Waals surface area contributed by atoms with E-state index in [-0.39, 0.29) is 12.5 Å². The van der Waals surface area contributed by atoms with Crippen LogP contribution in [0.2, 0.25) is 0 Å². The molecule has 0 radical (unpaired) electrons. The number of amides is 1. The number of rotatable bonds is 3. The van der Waals surface area contributed by atoms with Crippen LogP contribution in [-0.2, 0) is 17.2 Å². The fourth-order valence-electron chi connectivity index (χ4n) is 1.95. The topological polar surface area (TPSA) is 42.4 Å². The van der Waals surface area contributed by atoms with Gasteiger partial charge in [-0.3, -0.25) is 9.69 Å². The minimum Gasteiger partial charge on any atom is -0.482 e. The van der Waals surface area contributed by atoms with Crippen molar-refractivity contribution >= 4 is 34.5 Å².